The molecule has 0 bridgehead atoms. The summed E-state index contributed by atoms with van der Waals surface area (Å²) in [4.78, 5) is 9.89. The first-order valence-corrected chi connectivity index (χ1v) is 4.15. The van der Waals surface area contributed by atoms with Crippen molar-refractivity contribution < 1.29 is 4.79 Å². The lowest BCUT2D eigenvalue weighted by molar-refractivity contribution is -0.107. The number of hydrogen-bond donors (Lipinski definition) is 0. The van der Waals surface area contributed by atoms with Crippen LogP contribution in [-0.4, -0.2) is 6.29 Å². The molecule has 0 fully saturated rings. The number of rotatable bonds is 6. The maximum Gasteiger partial charge on any atom is 0.120 e. The zero-order valence-corrected chi connectivity index (χ0v) is 7.12. The van der Waals surface area contributed by atoms with Gasteiger partial charge in [-0.25, -0.2) is 0 Å². The summed E-state index contributed by atoms with van der Waals surface area (Å²) in [5.74, 6) is 0. The maximum absolute atomic E-state index is 9.89. The lowest BCUT2D eigenvalue weighted by Gasteiger charge is -1.82. The van der Waals surface area contributed by atoms with Crippen LogP contribution >= 0.6 is 0 Å². The van der Waals surface area contributed by atoms with Gasteiger partial charge in [-0.3, -0.25) is 0 Å². The summed E-state index contributed by atoms with van der Waals surface area (Å²) in [7, 11) is 0. The molecular formula is C10H16O. The molecule has 0 spiro atoms. The zero-order chi connectivity index (χ0) is 8.36. The van der Waals surface area contributed by atoms with Gasteiger partial charge in [0.25, 0.3) is 0 Å². The van der Waals surface area contributed by atoms with Crippen molar-refractivity contribution in [3.8, 4) is 0 Å². The zero-order valence-electron chi connectivity index (χ0n) is 7.12. The quantitative estimate of drug-likeness (QED) is 0.325. The molecule has 1 nitrogen and oxygen atoms in total. The smallest absolute Gasteiger partial charge is 0.120 e. The van der Waals surface area contributed by atoms with Crippen LogP contribution in [0.4, 0.5) is 0 Å². The molecule has 0 saturated heterocycles. The minimum atomic E-state index is 0.647. The third-order valence-electron chi connectivity index (χ3n) is 1.29. The van der Waals surface area contributed by atoms with Crippen LogP contribution in [0.1, 0.15) is 32.6 Å². The van der Waals surface area contributed by atoms with Crippen LogP contribution < -0.4 is 0 Å². The van der Waals surface area contributed by atoms with E-state index in [0.29, 0.717) is 6.42 Å². The molecule has 1 heteroatoms. The van der Waals surface area contributed by atoms with Gasteiger partial charge in [-0.2, -0.15) is 0 Å². The van der Waals surface area contributed by atoms with Gasteiger partial charge in [-0.15, -0.1) is 0 Å². The average molecular weight is 152 g/mol. The van der Waals surface area contributed by atoms with Gasteiger partial charge in [-0.1, -0.05) is 31.2 Å². The molecule has 0 N–H and O–H groups in total. The van der Waals surface area contributed by atoms with Crippen molar-refractivity contribution in [3.05, 3.63) is 24.3 Å². The number of aldehydes is 1. The lowest BCUT2D eigenvalue weighted by Crippen LogP contribution is -1.69. The Morgan fingerprint density at radius 1 is 1.00 bits per heavy atom. The third-order valence-corrected chi connectivity index (χ3v) is 1.29. The Morgan fingerprint density at radius 3 is 2.36 bits per heavy atom. The summed E-state index contributed by atoms with van der Waals surface area (Å²) >= 11 is 0. The monoisotopic (exact) mass is 152 g/mol. The average Bonchev–Trinajstić information content (AvgIpc) is 2.03. The van der Waals surface area contributed by atoms with Crippen molar-refractivity contribution in [1.29, 1.82) is 0 Å². The molecule has 0 aliphatic heterocycles. The van der Waals surface area contributed by atoms with E-state index in [1.807, 2.05) is 0 Å². The van der Waals surface area contributed by atoms with Gasteiger partial charge in [0.1, 0.15) is 6.29 Å². The highest BCUT2D eigenvalue weighted by Gasteiger charge is 1.76. The summed E-state index contributed by atoms with van der Waals surface area (Å²) in [6.07, 6.45) is 13.0. The second-order valence-corrected chi connectivity index (χ2v) is 2.33. The fraction of sp³-hybridized carbons (Fsp3) is 0.500. The van der Waals surface area contributed by atoms with E-state index < -0.39 is 0 Å². The molecule has 0 atom stereocenters. The van der Waals surface area contributed by atoms with Crippen molar-refractivity contribution >= 4 is 6.29 Å². The van der Waals surface area contributed by atoms with E-state index >= 15 is 0 Å². The predicted molar refractivity (Wildman–Crippen MR) is 48.5 cm³/mol. The Bertz CT molecular complexity index is 134. The molecule has 0 heterocycles. The van der Waals surface area contributed by atoms with Gasteiger partial charge in [-0.05, 0) is 19.3 Å². The van der Waals surface area contributed by atoms with Gasteiger partial charge >= 0.3 is 0 Å². The van der Waals surface area contributed by atoms with Crippen molar-refractivity contribution in [2.45, 2.75) is 32.6 Å². The molecule has 62 valence electrons. The maximum atomic E-state index is 9.89. The summed E-state index contributed by atoms with van der Waals surface area (Å²) in [5.41, 5.74) is 0. The second-order valence-electron chi connectivity index (χ2n) is 2.33. The fourth-order valence-electron chi connectivity index (χ4n) is 0.720. The van der Waals surface area contributed by atoms with Crippen molar-refractivity contribution in [2.24, 2.45) is 0 Å². The number of unbranched alkanes of at least 4 members (excludes halogenated alkanes) is 1. The first-order valence-electron chi connectivity index (χ1n) is 4.15. The Hall–Kier alpha value is -0.850. The number of carbonyl (C=O) groups excluding carboxylic acids is 1. The first-order chi connectivity index (χ1) is 5.41. The molecule has 0 aromatic carbocycles. The van der Waals surface area contributed by atoms with E-state index in [1.165, 1.54) is 0 Å². The summed E-state index contributed by atoms with van der Waals surface area (Å²) in [6.45, 7) is 2.12. The topological polar surface area (TPSA) is 17.1 Å². The van der Waals surface area contributed by atoms with Gasteiger partial charge in [0, 0.05) is 6.42 Å². The molecule has 0 saturated carbocycles. The summed E-state index contributed by atoms with van der Waals surface area (Å²) in [6, 6.07) is 0. The van der Waals surface area contributed by atoms with Crippen molar-refractivity contribution in [2.75, 3.05) is 0 Å². The van der Waals surface area contributed by atoms with Crippen molar-refractivity contribution in [3.63, 3.8) is 0 Å². The fourth-order valence-corrected chi connectivity index (χ4v) is 0.720. The molecule has 0 aromatic heterocycles. The highest BCUT2D eigenvalue weighted by atomic mass is 16.1. The van der Waals surface area contributed by atoms with Crippen LogP contribution in [0.3, 0.4) is 0 Å². The van der Waals surface area contributed by atoms with E-state index in [0.717, 1.165) is 25.5 Å². The highest BCUT2D eigenvalue weighted by Crippen LogP contribution is 1.92. The molecule has 0 aliphatic rings. The Labute approximate surface area is 68.8 Å². The Balaban J connectivity index is 3.15. The van der Waals surface area contributed by atoms with Crippen molar-refractivity contribution in [1.82, 2.24) is 0 Å². The summed E-state index contributed by atoms with van der Waals surface area (Å²) in [5, 5.41) is 0. The second kappa shape index (κ2) is 9.15. The lowest BCUT2D eigenvalue weighted by atomic mass is 10.2. The van der Waals surface area contributed by atoms with E-state index in [2.05, 4.69) is 31.2 Å². The molecular weight excluding hydrogens is 136 g/mol. The van der Waals surface area contributed by atoms with Crippen LogP contribution in [0.5, 0.6) is 0 Å². The minimum absolute atomic E-state index is 0.647. The molecule has 11 heavy (non-hydrogen) atoms. The first kappa shape index (κ1) is 10.2. The minimum Gasteiger partial charge on any atom is -0.303 e. The van der Waals surface area contributed by atoms with Crippen LogP contribution in [0.2, 0.25) is 0 Å². The van der Waals surface area contributed by atoms with E-state index in [4.69, 9.17) is 0 Å². The number of hydrogen-bond acceptors (Lipinski definition) is 1. The molecule has 0 aromatic rings. The van der Waals surface area contributed by atoms with Crippen LogP contribution in [0.25, 0.3) is 0 Å². The summed E-state index contributed by atoms with van der Waals surface area (Å²) < 4.78 is 0. The number of carbonyl (C=O) groups is 1. The highest BCUT2D eigenvalue weighted by molar-refractivity contribution is 5.49. The molecule has 0 aliphatic carbocycles. The Kier molecular flexibility index (Phi) is 8.44. The standard InChI is InChI=1S/C10H16O/c1-2-3-4-5-6-7-8-9-10-11/h3-4,6-7,10H,2,5,8-9H2,1H3/b4-3+,7-6+. The largest absolute Gasteiger partial charge is 0.303 e. The SMILES string of the molecule is CC/C=C/C/C=C/CCC=O. The van der Waals surface area contributed by atoms with Gasteiger partial charge in [0.2, 0.25) is 0 Å². The van der Waals surface area contributed by atoms with Gasteiger partial charge < -0.3 is 4.79 Å². The van der Waals surface area contributed by atoms with Gasteiger partial charge in [0.05, 0.1) is 0 Å². The van der Waals surface area contributed by atoms with E-state index in [-0.39, 0.29) is 0 Å². The number of allylic oxidation sites excluding steroid dienone is 4. The van der Waals surface area contributed by atoms with Crippen LogP contribution in [0.15, 0.2) is 24.3 Å². The van der Waals surface area contributed by atoms with Gasteiger partial charge in [0.15, 0.2) is 0 Å². The van der Waals surface area contributed by atoms with Crippen LogP contribution in [-0.2, 0) is 4.79 Å². The predicted octanol–water partition coefficient (Wildman–Crippen LogP) is 2.88. The van der Waals surface area contributed by atoms with E-state index in [1.54, 1.807) is 0 Å². The molecule has 0 unspecified atom stereocenters. The normalized spacial score (nSPS) is 11.4. The van der Waals surface area contributed by atoms with E-state index in [9.17, 15) is 4.79 Å². The molecule has 0 amide bonds. The molecule has 0 radical (unpaired) electrons. The van der Waals surface area contributed by atoms with Crippen LogP contribution in [0, 0.1) is 0 Å². The Morgan fingerprint density at radius 2 is 1.73 bits per heavy atom. The third kappa shape index (κ3) is 9.15. The molecule has 0 rings (SSSR count).